The van der Waals surface area contributed by atoms with Gasteiger partial charge in [0.2, 0.25) is 47.3 Å². The number of nitrogens with one attached hydrogen (secondary N) is 2. The largest absolute Gasteiger partial charge is 0.423 e. The number of nitrogens with zero attached hydrogens (tertiary/aromatic N) is 7. The summed E-state index contributed by atoms with van der Waals surface area (Å²) in [5, 5.41) is 6.08. The van der Waals surface area contributed by atoms with E-state index in [-0.39, 0.29) is 94.4 Å². The number of unbranched alkanes of at least 4 members (excludes halogenated alkanes) is 3. The number of anilines is 1. The first-order chi connectivity index (χ1) is 39.2. The quantitative estimate of drug-likeness (QED) is 0.0466. The molecule has 2 N–H and O–H groups in total. The standard InChI is InChI=1S/C62H95N9O12/c1-17-18-19-20-24-27-53(74)69(14)55(41(2)3)61(79)71(16)57(43(6)7)62(80)70(15)56(42(4)5)60(78)67(12)44(8)58(76)68(13)49(36-45-25-22-21-23-26-45)59(77)66(11)32-33-81-34-35-82-40-52(73)64-31-30-63-51(72)37-46-38-54(75)83-50-39-47(65(9)10)28-29-48(46)50/h17,21-23,25-26,28-29,38-39,41-44,49,55-57H,1,18-20,24,27,30-37,40H2,2-16H3,(H,63,72)(H,64,73)/t44-,49-,55-,56-,57-/m0/s1. The molecule has 83 heavy (non-hydrogen) atoms. The van der Waals surface area contributed by atoms with Crippen molar-refractivity contribution in [3.05, 3.63) is 88.8 Å². The Labute approximate surface area is 492 Å². The van der Waals surface area contributed by atoms with Crippen molar-refractivity contribution in [1.82, 2.24) is 40.0 Å². The van der Waals surface area contributed by atoms with Crippen LogP contribution in [0.4, 0.5) is 5.69 Å². The summed E-state index contributed by atoms with van der Waals surface area (Å²) in [6.07, 6.45) is 5.62. The van der Waals surface area contributed by atoms with Crippen LogP contribution in [0.25, 0.3) is 11.0 Å². The van der Waals surface area contributed by atoms with Crippen LogP contribution in [0.1, 0.15) is 91.7 Å². The minimum absolute atomic E-state index is 0.0468. The van der Waals surface area contributed by atoms with Crippen LogP contribution < -0.4 is 21.2 Å². The molecule has 0 aliphatic carbocycles. The van der Waals surface area contributed by atoms with Gasteiger partial charge in [-0.05, 0) is 67.2 Å². The molecular formula is C62H95N9O12. The zero-order valence-electron chi connectivity index (χ0n) is 52.0. The Balaban J connectivity index is 1.57. The molecule has 3 rings (SSSR count). The van der Waals surface area contributed by atoms with Gasteiger partial charge in [0.25, 0.3) is 0 Å². The third-order valence-electron chi connectivity index (χ3n) is 15.0. The molecule has 0 radical (unpaired) electrons. The van der Waals surface area contributed by atoms with Gasteiger partial charge in [0.15, 0.2) is 0 Å². The van der Waals surface area contributed by atoms with Crippen LogP contribution in [0.2, 0.25) is 0 Å². The molecule has 3 aromatic rings. The van der Waals surface area contributed by atoms with E-state index in [1.165, 1.54) is 56.6 Å². The van der Waals surface area contributed by atoms with E-state index in [0.717, 1.165) is 30.5 Å². The summed E-state index contributed by atoms with van der Waals surface area (Å²) in [4.78, 5) is 133. The molecule has 0 aliphatic heterocycles. The first-order valence-corrected chi connectivity index (χ1v) is 28.8. The van der Waals surface area contributed by atoms with E-state index < -0.39 is 65.4 Å². The smallest absolute Gasteiger partial charge is 0.336 e. The third-order valence-corrected chi connectivity index (χ3v) is 15.0. The number of carbonyl (C=O) groups is 8. The number of ether oxygens (including phenoxy) is 2. The first kappa shape index (κ1) is 70.1. The Morgan fingerprint density at radius 3 is 1.72 bits per heavy atom. The Kier molecular flexibility index (Phi) is 29.1. The van der Waals surface area contributed by atoms with Crippen LogP contribution in [-0.4, -0.2) is 209 Å². The third kappa shape index (κ3) is 20.9. The van der Waals surface area contributed by atoms with Crippen molar-refractivity contribution >= 4 is 63.9 Å². The maximum atomic E-state index is 14.7. The van der Waals surface area contributed by atoms with Gasteiger partial charge in [-0.3, -0.25) is 38.4 Å². The molecule has 21 heteroatoms. The van der Waals surface area contributed by atoms with E-state index in [1.54, 1.807) is 54.0 Å². The molecule has 2 aromatic carbocycles. The molecule has 0 aliphatic rings. The molecule has 460 valence electrons. The number of hydrogen-bond donors (Lipinski definition) is 2. The highest BCUT2D eigenvalue weighted by Gasteiger charge is 2.43. The van der Waals surface area contributed by atoms with Crippen LogP contribution >= 0.6 is 0 Å². The maximum absolute atomic E-state index is 14.7. The summed E-state index contributed by atoms with van der Waals surface area (Å²) in [5.74, 6) is -4.15. The minimum Gasteiger partial charge on any atom is -0.423 e. The summed E-state index contributed by atoms with van der Waals surface area (Å²) in [7, 11) is 13.1. The van der Waals surface area contributed by atoms with Crippen molar-refractivity contribution in [1.29, 1.82) is 0 Å². The topological polar surface area (TPSA) is 232 Å². The predicted octanol–water partition coefficient (Wildman–Crippen LogP) is 4.63. The molecule has 0 spiro atoms. The number of fused-ring (bicyclic) bond motifs is 1. The second-order valence-electron chi connectivity index (χ2n) is 22.6. The fraction of sp³-hybridized carbons (Fsp3) is 0.597. The Morgan fingerprint density at radius 1 is 0.602 bits per heavy atom. The zero-order chi connectivity index (χ0) is 62.2. The monoisotopic (exact) mass is 1160 g/mol. The summed E-state index contributed by atoms with van der Waals surface area (Å²) >= 11 is 0. The average molecular weight is 1160 g/mol. The minimum atomic E-state index is -1.07. The lowest BCUT2D eigenvalue weighted by Crippen LogP contribution is -2.61. The van der Waals surface area contributed by atoms with E-state index in [0.29, 0.717) is 29.4 Å². The number of amides is 8. The molecule has 0 saturated carbocycles. The van der Waals surface area contributed by atoms with Gasteiger partial charge in [-0.15, -0.1) is 6.58 Å². The lowest BCUT2D eigenvalue weighted by molar-refractivity contribution is -0.157. The SMILES string of the molecule is C=CCCCCCC(=O)N(C)[C@H](C(=O)N(C)[C@H](C(=O)N(C)[C@H](C(=O)N(C)[C@@H](C)C(=O)N(C)[C@@H](Cc1ccccc1)C(=O)N(C)CCOCCOCC(=O)NCCNC(=O)Cc1cc(=O)oc2cc(N(C)C)ccc12)C(C)C)C(C)C)C(C)C. The number of likely N-dealkylation sites (N-methyl/N-ethyl adjacent to an activating group) is 6. The van der Waals surface area contributed by atoms with Crippen molar-refractivity contribution in [3.8, 4) is 0 Å². The van der Waals surface area contributed by atoms with Gasteiger partial charge >= 0.3 is 5.63 Å². The van der Waals surface area contributed by atoms with Gasteiger partial charge in [0, 0.05) is 112 Å². The van der Waals surface area contributed by atoms with Crippen molar-refractivity contribution < 1.29 is 52.2 Å². The van der Waals surface area contributed by atoms with Gasteiger partial charge in [-0.25, -0.2) is 4.79 Å². The summed E-state index contributed by atoms with van der Waals surface area (Å²) in [6, 6.07) is 11.1. The molecule has 0 fully saturated rings. The molecule has 21 nitrogen and oxygen atoms in total. The van der Waals surface area contributed by atoms with Gasteiger partial charge in [0.05, 0.1) is 26.2 Å². The first-order valence-electron chi connectivity index (χ1n) is 28.8. The van der Waals surface area contributed by atoms with E-state index >= 15 is 0 Å². The van der Waals surface area contributed by atoms with Gasteiger partial charge in [-0.2, -0.15) is 0 Å². The fourth-order valence-corrected chi connectivity index (χ4v) is 9.98. The van der Waals surface area contributed by atoms with Crippen LogP contribution in [0.5, 0.6) is 0 Å². The number of benzene rings is 2. The van der Waals surface area contributed by atoms with Crippen LogP contribution in [0, 0.1) is 17.8 Å². The van der Waals surface area contributed by atoms with E-state index in [4.69, 9.17) is 13.9 Å². The molecule has 0 saturated heterocycles. The number of rotatable bonds is 35. The summed E-state index contributed by atoms with van der Waals surface area (Å²) < 4.78 is 16.6. The lowest BCUT2D eigenvalue weighted by atomic mass is 9.94. The number of allylic oxidation sites excluding steroid dienone is 1. The normalized spacial score (nSPS) is 13.1. The molecule has 1 aromatic heterocycles. The fourth-order valence-electron chi connectivity index (χ4n) is 9.98. The lowest BCUT2D eigenvalue weighted by Gasteiger charge is -2.41. The average Bonchev–Trinajstić information content (AvgIpc) is 3.57. The Morgan fingerprint density at radius 2 is 1.16 bits per heavy atom. The van der Waals surface area contributed by atoms with Crippen molar-refractivity contribution in [2.75, 3.05) is 107 Å². The predicted molar refractivity (Wildman–Crippen MR) is 322 cm³/mol. The zero-order valence-corrected chi connectivity index (χ0v) is 52.0. The molecule has 0 unspecified atom stereocenters. The van der Waals surface area contributed by atoms with Crippen LogP contribution in [0.15, 0.2) is 76.5 Å². The maximum Gasteiger partial charge on any atom is 0.336 e. The summed E-state index contributed by atoms with van der Waals surface area (Å²) in [6.45, 7) is 16.9. The van der Waals surface area contributed by atoms with Crippen LogP contribution in [0.3, 0.4) is 0 Å². The summed E-state index contributed by atoms with van der Waals surface area (Å²) in [5.41, 5.74) is 2.01. The number of carbonyl (C=O) groups excluding carboxylic acids is 8. The molecule has 8 amide bonds. The second-order valence-corrected chi connectivity index (χ2v) is 22.6. The molecule has 1 heterocycles. The Hall–Kier alpha value is -7.13. The van der Waals surface area contributed by atoms with Gasteiger partial charge in [0.1, 0.15) is 42.4 Å². The second kappa shape index (κ2) is 34.5. The Bertz CT molecular complexity index is 2700. The van der Waals surface area contributed by atoms with Gasteiger partial charge < -0.3 is 58.8 Å². The van der Waals surface area contributed by atoms with E-state index in [1.807, 2.05) is 89.2 Å². The highest BCUT2D eigenvalue weighted by Crippen LogP contribution is 2.25. The molecule has 0 bridgehead atoms. The van der Waals surface area contributed by atoms with Crippen molar-refractivity contribution in [2.24, 2.45) is 17.8 Å². The highest BCUT2D eigenvalue weighted by molar-refractivity contribution is 5.97. The van der Waals surface area contributed by atoms with E-state index in [9.17, 15) is 43.2 Å². The number of hydrogen-bond acceptors (Lipinski definition) is 13. The molecular weight excluding hydrogens is 1060 g/mol. The van der Waals surface area contributed by atoms with Gasteiger partial charge in [-0.1, -0.05) is 84.4 Å². The molecule has 5 atom stereocenters. The van der Waals surface area contributed by atoms with Crippen LogP contribution in [-0.2, 0) is 60.7 Å². The highest BCUT2D eigenvalue weighted by atomic mass is 16.5. The van der Waals surface area contributed by atoms with E-state index in [2.05, 4.69) is 17.2 Å². The van der Waals surface area contributed by atoms with Crippen molar-refractivity contribution in [3.63, 3.8) is 0 Å². The van der Waals surface area contributed by atoms with Crippen molar-refractivity contribution in [2.45, 2.75) is 124 Å².